The van der Waals surface area contributed by atoms with E-state index in [-0.39, 0.29) is 18.7 Å². The third-order valence-electron chi connectivity index (χ3n) is 7.74. The fourth-order valence-electron chi connectivity index (χ4n) is 4.93. The molecule has 0 unspecified atom stereocenters. The lowest BCUT2D eigenvalue weighted by Gasteiger charge is -2.33. The summed E-state index contributed by atoms with van der Waals surface area (Å²) in [5, 5.41) is 39.5. The molecule has 0 aromatic rings. The molecular weight excluding hydrogens is 656 g/mol. The minimum absolute atomic E-state index is 0.165. The average molecular weight is 703 g/mol. The molecule has 1 heterocycles. The first-order valence-corrected chi connectivity index (χ1v) is 16.0. The Bertz CT molecular complexity index is 1230. The van der Waals surface area contributed by atoms with Crippen molar-refractivity contribution in [2.45, 2.75) is 103 Å². The van der Waals surface area contributed by atoms with Gasteiger partial charge in [-0.25, -0.2) is 4.79 Å². The summed E-state index contributed by atoms with van der Waals surface area (Å²) in [5.41, 5.74) is 0. The fraction of sp³-hybridized carbons (Fsp3) is 0.690. The number of rotatable bonds is 19. The van der Waals surface area contributed by atoms with E-state index < -0.39 is 114 Å². The van der Waals surface area contributed by atoms with Gasteiger partial charge in [-0.3, -0.25) is 38.4 Å². The molecule has 0 saturated carbocycles. The van der Waals surface area contributed by atoms with Gasteiger partial charge < -0.3 is 46.8 Å². The van der Waals surface area contributed by atoms with Crippen LogP contribution in [0.15, 0.2) is 0 Å². The highest BCUT2D eigenvalue weighted by Crippen LogP contribution is 2.21. The lowest BCUT2D eigenvalue weighted by molar-refractivity contribution is -0.145. The number of likely N-dealkylation sites (tertiary alicyclic amines) is 1. The van der Waals surface area contributed by atoms with Crippen LogP contribution in [-0.2, 0) is 43.2 Å². The molecule has 1 saturated heterocycles. The molecule has 0 spiro atoms. The minimum Gasteiger partial charge on any atom is -0.481 e. The number of nitrogens with zero attached hydrogens (tertiary/aromatic N) is 1. The van der Waals surface area contributed by atoms with E-state index in [1.54, 1.807) is 27.7 Å². The molecule has 19 heteroatoms. The zero-order valence-electron chi connectivity index (χ0n) is 27.5. The Balaban J connectivity index is 3.23. The quantitative estimate of drug-likeness (QED) is 0.0667. The molecule has 18 nitrogen and oxygen atoms in total. The van der Waals surface area contributed by atoms with Crippen LogP contribution < -0.4 is 26.6 Å². The van der Waals surface area contributed by atoms with Crippen LogP contribution in [0.1, 0.15) is 66.7 Å². The van der Waals surface area contributed by atoms with Crippen LogP contribution in [0.3, 0.4) is 0 Å². The van der Waals surface area contributed by atoms with E-state index in [0.29, 0.717) is 12.8 Å². The number of thiol groups is 1. The van der Waals surface area contributed by atoms with E-state index in [4.69, 9.17) is 5.11 Å². The van der Waals surface area contributed by atoms with Crippen LogP contribution in [-0.4, -0.2) is 122 Å². The van der Waals surface area contributed by atoms with E-state index in [1.165, 1.54) is 4.90 Å². The van der Waals surface area contributed by atoms with E-state index in [2.05, 4.69) is 39.2 Å². The van der Waals surface area contributed by atoms with Gasteiger partial charge in [-0.15, -0.1) is 0 Å². The van der Waals surface area contributed by atoms with Crippen LogP contribution in [0.4, 0.5) is 0 Å². The number of carboxylic acids is 3. The molecule has 48 heavy (non-hydrogen) atoms. The second-order valence-corrected chi connectivity index (χ2v) is 12.2. The van der Waals surface area contributed by atoms with Crippen LogP contribution in [0, 0.1) is 11.8 Å². The van der Waals surface area contributed by atoms with Gasteiger partial charge in [0.1, 0.15) is 36.3 Å². The largest absolute Gasteiger partial charge is 0.481 e. The standard InChI is InChI=1S/C29H46N6O12S/c1-6-14(4)23(34-25(42)17(11-21(39)40)31-24(41)16(10-20(37)38)30-15(5)36)27(44)33-22(13(2)3)28(45)35-9-7-8-19(35)26(43)32-18(12-48)29(46)47/h13-14,16-19,22-23,48H,6-12H2,1-5H3,(H,30,36)(H,31,41)(H,32,43)(H,33,44)(H,34,42)(H,37,38)(H,39,40)(H,46,47)/t14-,16-,17-,18+,19-,22-,23-/m0/s1. The zero-order valence-corrected chi connectivity index (χ0v) is 28.4. The first-order valence-electron chi connectivity index (χ1n) is 15.4. The van der Waals surface area contributed by atoms with Crippen molar-refractivity contribution in [1.82, 2.24) is 31.5 Å². The summed E-state index contributed by atoms with van der Waals surface area (Å²) < 4.78 is 0. The monoisotopic (exact) mass is 702 g/mol. The second-order valence-electron chi connectivity index (χ2n) is 11.9. The fourth-order valence-corrected chi connectivity index (χ4v) is 5.18. The molecule has 0 aliphatic carbocycles. The van der Waals surface area contributed by atoms with Crippen LogP contribution >= 0.6 is 12.6 Å². The van der Waals surface area contributed by atoms with Crippen molar-refractivity contribution in [3.8, 4) is 0 Å². The zero-order chi connectivity index (χ0) is 36.9. The van der Waals surface area contributed by atoms with E-state index >= 15 is 0 Å². The van der Waals surface area contributed by atoms with E-state index in [1.807, 2.05) is 0 Å². The number of carbonyl (C=O) groups excluding carboxylic acids is 6. The third-order valence-corrected chi connectivity index (χ3v) is 8.11. The van der Waals surface area contributed by atoms with Gasteiger partial charge >= 0.3 is 17.9 Å². The molecular formula is C29H46N6O12S. The van der Waals surface area contributed by atoms with Crippen molar-refractivity contribution in [3.05, 3.63) is 0 Å². The van der Waals surface area contributed by atoms with Crippen molar-refractivity contribution in [2.24, 2.45) is 11.8 Å². The first-order chi connectivity index (χ1) is 22.3. The summed E-state index contributed by atoms with van der Waals surface area (Å²) in [6, 6.07) is -8.19. The Morgan fingerprint density at radius 2 is 1.27 bits per heavy atom. The molecule has 6 amide bonds. The Morgan fingerprint density at radius 3 is 1.73 bits per heavy atom. The number of amides is 6. The van der Waals surface area contributed by atoms with Crippen LogP contribution in [0.25, 0.3) is 0 Å². The Hall–Kier alpha value is -4.42. The van der Waals surface area contributed by atoms with E-state index in [0.717, 1.165) is 6.92 Å². The predicted molar refractivity (Wildman–Crippen MR) is 170 cm³/mol. The molecule has 0 aromatic heterocycles. The first kappa shape index (κ1) is 41.6. The maximum atomic E-state index is 13.7. The molecule has 0 radical (unpaired) electrons. The van der Waals surface area contributed by atoms with Crippen molar-refractivity contribution in [3.63, 3.8) is 0 Å². The van der Waals surface area contributed by atoms with Gasteiger partial charge in [0.25, 0.3) is 0 Å². The average Bonchev–Trinajstić information content (AvgIpc) is 3.48. The second kappa shape index (κ2) is 19.4. The SMILES string of the molecule is CC[C@H](C)[C@H](NC(=O)[C@H](CC(=O)O)NC(=O)[C@H](CC(=O)O)NC(C)=O)C(=O)N[C@H](C(=O)N1CCC[C@H]1C(=O)N[C@H](CS)C(=O)O)C(C)C. The maximum absolute atomic E-state index is 13.7. The molecule has 0 bridgehead atoms. The third kappa shape index (κ3) is 12.6. The smallest absolute Gasteiger partial charge is 0.327 e. The topological polar surface area (TPSA) is 278 Å². The summed E-state index contributed by atoms with van der Waals surface area (Å²) in [5.74, 6) is -10.6. The van der Waals surface area contributed by atoms with Crippen molar-refractivity contribution in [1.29, 1.82) is 0 Å². The Labute approximate surface area is 282 Å². The van der Waals surface area contributed by atoms with Gasteiger partial charge in [-0.2, -0.15) is 12.6 Å². The number of nitrogens with one attached hydrogen (secondary N) is 5. The normalized spacial score (nSPS) is 17.9. The molecule has 0 aromatic carbocycles. The van der Waals surface area contributed by atoms with Crippen molar-refractivity contribution < 1.29 is 58.5 Å². The molecule has 1 aliphatic rings. The number of hydrogen-bond acceptors (Lipinski definition) is 10. The number of aliphatic carboxylic acids is 3. The van der Waals surface area contributed by atoms with Crippen molar-refractivity contribution in [2.75, 3.05) is 12.3 Å². The molecule has 1 rings (SSSR count). The van der Waals surface area contributed by atoms with Crippen molar-refractivity contribution >= 4 is 66.0 Å². The van der Waals surface area contributed by atoms with Gasteiger partial charge in [0.15, 0.2) is 0 Å². The van der Waals surface area contributed by atoms with E-state index in [9.17, 15) is 53.4 Å². The Morgan fingerprint density at radius 1 is 0.750 bits per heavy atom. The number of carboxylic acid groups (broad SMARTS) is 3. The molecule has 270 valence electrons. The van der Waals surface area contributed by atoms with Gasteiger partial charge in [-0.1, -0.05) is 34.1 Å². The summed E-state index contributed by atoms with van der Waals surface area (Å²) >= 11 is 3.94. The van der Waals surface area contributed by atoms with Gasteiger partial charge in [-0.05, 0) is 24.7 Å². The van der Waals surface area contributed by atoms with Gasteiger partial charge in [0, 0.05) is 19.2 Å². The highest BCUT2D eigenvalue weighted by Gasteiger charge is 2.41. The predicted octanol–water partition coefficient (Wildman–Crippen LogP) is -1.91. The highest BCUT2D eigenvalue weighted by molar-refractivity contribution is 7.80. The highest BCUT2D eigenvalue weighted by atomic mass is 32.1. The lowest BCUT2D eigenvalue weighted by Crippen LogP contribution is -2.61. The minimum atomic E-state index is -1.78. The van der Waals surface area contributed by atoms with Gasteiger partial charge in [0.05, 0.1) is 12.8 Å². The summed E-state index contributed by atoms with van der Waals surface area (Å²) in [6.07, 6.45) is -0.772. The number of carbonyl (C=O) groups is 9. The molecule has 8 N–H and O–H groups in total. The van der Waals surface area contributed by atoms with Gasteiger partial charge in [0.2, 0.25) is 35.4 Å². The summed E-state index contributed by atoms with van der Waals surface area (Å²) in [6.45, 7) is 7.82. The molecule has 1 aliphatic heterocycles. The van der Waals surface area contributed by atoms with Crippen LogP contribution in [0.2, 0.25) is 0 Å². The lowest BCUT2D eigenvalue weighted by atomic mass is 9.95. The maximum Gasteiger partial charge on any atom is 0.327 e. The summed E-state index contributed by atoms with van der Waals surface area (Å²) in [7, 11) is 0. The Kier molecular flexibility index (Phi) is 16.8. The number of hydrogen-bond donors (Lipinski definition) is 9. The molecule has 1 fully saturated rings. The summed E-state index contributed by atoms with van der Waals surface area (Å²) in [4.78, 5) is 113. The molecule has 7 atom stereocenters. The van der Waals surface area contributed by atoms with Crippen LogP contribution in [0.5, 0.6) is 0 Å².